The minimum atomic E-state index is -1.42. The Morgan fingerprint density at radius 3 is 2.82 bits per heavy atom. The zero-order chi connectivity index (χ0) is 16.0. The number of hydrogen-bond acceptors (Lipinski definition) is 5. The van der Waals surface area contributed by atoms with Gasteiger partial charge in [-0.15, -0.1) is 0 Å². The van der Waals surface area contributed by atoms with Crippen molar-refractivity contribution in [2.24, 2.45) is 5.73 Å². The van der Waals surface area contributed by atoms with E-state index in [1.54, 1.807) is 0 Å². The first-order valence-corrected chi connectivity index (χ1v) is 6.48. The van der Waals surface area contributed by atoms with Crippen LogP contribution in [0.3, 0.4) is 0 Å². The maximum atomic E-state index is 14.2. The number of pyridine rings is 2. The topological polar surface area (TPSA) is 112 Å². The standard InChI is InChI=1S/C13H12F2N4O3/c14-7-1-5-10(20)6(13(21)22)2-17-11(5)18-12(7)19-3-8(15)9(16)4-19/h1-2,8-9H,3-4,16H2,(H,21,22)(H,17,18,20)/t8-,9+/m0/s1. The minimum absolute atomic E-state index is 0.0299. The summed E-state index contributed by atoms with van der Waals surface area (Å²) in [6.07, 6.45) is -0.291. The van der Waals surface area contributed by atoms with Crippen LogP contribution >= 0.6 is 0 Å². The zero-order valence-corrected chi connectivity index (χ0v) is 11.2. The highest BCUT2D eigenvalue weighted by atomic mass is 19.1. The average Bonchev–Trinajstić information content (AvgIpc) is 2.78. The normalized spacial score (nSPS) is 21.5. The molecule has 7 nitrogen and oxygen atoms in total. The number of nitrogens with two attached hydrogens (primary N) is 1. The molecule has 1 aliphatic rings. The summed E-state index contributed by atoms with van der Waals surface area (Å²) in [7, 11) is 0. The van der Waals surface area contributed by atoms with Crippen molar-refractivity contribution >= 4 is 22.8 Å². The number of carboxylic acid groups (broad SMARTS) is 1. The molecule has 3 heterocycles. The van der Waals surface area contributed by atoms with Gasteiger partial charge in [0.2, 0.25) is 5.43 Å². The number of carbonyl (C=O) groups is 1. The number of halogens is 2. The van der Waals surface area contributed by atoms with Crippen molar-refractivity contribution < 1.29 is 18.7 Å². The van der Waals surface area contributed by atoms with E-state index in [0.29, 0.717) is 0 Å². The summed E-state index contributed by atoms with van der Waals surface area (Å²) >= 11 is 0. The second kappa shape index (κ2) is 5.02. The van der Waals surface area contributed by atoms with Crippen LogP contribution in [-0.4, -0.2) is 46.3 Å². The van der Waals surface area contributed by atoms with E-state index in [0.717, 1.165) is 12.3 Å². The van der Waals surface area contributed by atoms with Crippen LogP contribution in [0.2, 0.25) is 0 Å². The Kier molecular flexibility index (Phi) is 3.28. The monoisotopic (exact) mass is 310 g/mol. The summed E-state index contributed by atoms with van der Waals surface area (Å²) in [5.74, 6) is -2.37. The van der Waals surface area contributed by atoms with Crippen LogP contribution in [-0.2, 0) is 0 Å². The van der Waals surface area contributed by atoms with Crippen molar-refractivity contribution in [3.8, 4) is 0 Å². The average molecular weight is 310 g/mol. The number of aromatic amines is 1. The third-order valence-corrected chi connectivity index (χ3v) is 3.62. The van der Waals surface area contributed by atoms with Gasteiger partial charge in [-0.25, -0.2) is 18.6 Å². The van der Waals surface area contributed by atoms with Crippen molar-refractivity contribution in [2.45, 2.75) is 12.2 Å². The Balaban J connectivity index is 2.12. The number of fused-ring (bicyclic) bond motifs is 1. The van der Waals surface area contributed by atoms with Gasteiger partial charge in [0.25, 0.3) is 0 Å². The smallest absolute Gasteiger partial charge is 0.341 e. The van der Waals surface area contributed by atoms with Gasteiger partial charge in [-0.1, -0.05) is 0 Å². The number of alkyl halides is 1. The summed E-state index contributed by atoms with van der Waals surface area (Å²) in [6.45, 7) is 0.0159. The second-order valence-electron chi connectivity index (χ2n) is 5.11. The maximum absolute atomic E-state index is 14.2. The largest absolute Gasteiger partial charge is 0.477 e. The molecule has 0 unspecified atom stereocenters. The van der Waals surface area contributed by atoms with Gasteiger partial charge in [0.15, 0.2) is 11.6 Å². The first-order chi connectivity index (χ1) is 10.4. The van der Waals surface area contributed by atoms with Crippen LogP contribution in [0.15, 0.2) is 17.1 Å². The number of nitrogens with zero attached hydrogens (tertiary/aromatic N) is 2. The molecule has 22 heavy (non-hydrogen) atoms. The van der Waals surface area contributed by atoms with E-state index in [1.807, 2.05) is 0 Å². The number of aromatic nitrogens is 2. The van der Waals surface area contributed by atoms with Gasteiger partial charge in [0.1, 0.15) is 17.4 Å². The molecule has 0 aromatic carbocycles. The fourth-order valence-corrected chi connectivity index (χ4v) is 2.46. The third-order valence-electron chi connectivity index (χ3n) is 3.62. The van der Waals surface area contributed by atoms with Gasteiger partial charge >= 0.3 is 5.97 Å². The van der Waals surface area contributed by atoms with Gasteiger partial charge in [-0.3, -0.25) is 4.79 Å². The lowest BCUT2D eigenvalue weighted by molar-refractivity contribution is 0.0695. The highest BCUT2D eigenvalue weighted by Gasteiger charge is 2.32. The Morgan fingerprint density at radius 2 is 2.23 bits per heavy atom. The van der Waals surface area contributed by atoms with Crippen LogP contribution in [0.1, 0.15) is 10.4 Å². The van der Waals surface area contributed by atoms with E-state index < -0.39 is 35.0 Å². The molecule has 4 N–H and O–H groups in total. The summed E-state index contributed by atoms with van der Waals surface area (Å²) < 4.78 is 27.6. The SMILES string of the molecule is N[C@@H]1CN(c2nc3[nH]cc(C(=O)O)c(=O)c3cc2F)C[C@@H]1F. The molecule has 1 saturated heterocycles. The van der Waals surface area contributed by atoms with E-state index in [9.17, 15) is 18.4 Å². The zero-order valence-electron chi connectivity index (χ0n) is 11.2. The lowest BCUT2D eigenvalue weighted by atomic mass is 10.2. The van der Waals surface area contributed by atoms with Gasteiger partial charge in [0.05, 0.1) is 18.0 Å². The lowest BCUT2D eigenvalue weighted by Crippen LogP contribution is -2.30. The number of anilines is 1. The fourth-order valence-electron chi connectivity index (χ4n) is 2.46. The molecule has 0 saturated carbocycles. The molecule has 0 radical (unpaired) electrons. The minimum Gasteiger partial charge on any atom is -0.477 e. The molecule has 3 rings (SSSR count). The quantitative estimate of drug-likeness (QED) is 0.733. The molecule has 1 aliphatic heterocycles. The summed E-state index contributed by atoms with van der Waals surface area (Å²) in [6, 6.07) is 0.172. The van der Waals surface area contributed by atoms with E-state index in [-0.39, 0.29) is 29.9 Å². The number of hydrogen-bond donors (Lipinski definition) is 3. The van der Waals surface area contributed by atoms with E-state index in [2.05, 4.69) is 9.97 Å². The first-order valence-electron chi connectivity index (χ1n) is 6.48. The molecule has 2 aromatic rings. The van der Waals surface area contributed by atoms with Gasteiger partial charge < -0.3 is 20.7 Å². The van der Waals surface area contributed by atoms with Crippen LogP contribution in [0.5, 0.6) is 0 Å². The Morgan fingerprint density at radius 1 is 1.50 bits per heavy atom. The van der Waals surface area contributed by atoms with Crippen LogP contribution in [0.4, 0.5) is 14.6 Å². The van der Waals surface area contributed by atoms with Crippen molar-refractivity contribution in [1.82, 2.24) is 9.97 Å². The predicted molar refractivity (Wildman–Crippen MR) is 74.4 cm³/mol. The predicted octanol–water partition coefficient (Wildman–Crippen LogP) is 0.246. The molecule has 2 aromatic heterocycles. The number of H-pyrrole nitrogens is 1. The van der Waals surface area contributed by atoms with Gasteiger partial charge in [0, 0.05) is 12.7 Å². The van der Waals surface area contributed by atoms with Crippen LogP contribution < -0.4 is 16.1 Å². The molecular weight excluding hydrogens is 298 g/mol. The summed E-state index contributed by atoms with van der Waals surface area (Å²) in [4.78, 5) is 30.7. The molecule has 116 valence electrons. The highest BCUT2D eigenvalue weighted by Crippen LogP contribution is 2.24. The molecule has 9 heteroatoms. The number of nitrogens with one attached hydrogen (secondary N) is 1. The Hall–Kier alpha value is -2.55. The second-order valence-corrected chi connectivity index (χ2v) is 5.11. The van der Waals surface area contributed by atoms with Gasteiger partial charge in [-0.2, -0.15) is 0 Å². The first kappa shape index (κ1) is 14.4. The van der Waals surface area contributed by atoms with Crippen molar-refractivity contribution in [2.75, 3.05) is 18.0 Å². The number of rotatable bonds is 2. The van der Waals surface area contributed by atoms with E-state index in [4.69, 9.17) is 10.8 Å². The van der Waals surface area contributed by atoms with Crippen LogP contribution in [0.25, 0.3) is 11.0 Å². The van der Waals surface area contributed by atoms with Crippen molar-refractivity contribution in [3.63, 3.8) is 0 Å². The van der Waals surface area contributed by atoms with Crippen molar-refractivity contribution in [3.05, 3.63) is 33.9 Å². The summed E-state index contributed by atoms with van der Waals surface area (Å²) in [5, 5.41) is 8.70. The van der Waals surface area contributed by atoms with Crippen molar-refractivity contribution in [1.29, 1.82) is 0 Å². The van der Waals surface area contributed by atoms with Gasteiger partial charge in [-0.05, 0) is 6.07 Å². The number of aromatic carboxylic acids is 1. The molecule has 0 bridgehead atoms. The van der Waals surface area contributed by atoms with E-state index >= 15 is 0 Å². The third kappa shape index (κ3) is 2.19. The molecule has 0 amide bonds. The Labute approximate surface area is 122 Å². The summed E-state index contributed by atoms with van der Waals surface area (Å²) in [5.41, 5.74) is 4.25. The lowest BCUT2D eigenvalue weighted by Gasteiger charge is -2.17. The molecule has 2 atom stereocenters. The molecule has 0 aliphatic carbocycles. The fraction of sp³-hybridized carbons (Fsp3) is 0.308. The van der Waals surface area contributed by atoms with E-state index in [1.165, 1.54) is 4.90 Å². The Bertz CT molecular complexity index is 813. The molecule has 0 spiro atoms. The van der Waals surface area contributed by atoms with Crippen LogP contribution in [0, 0.1) is 5.82 Å². The highest BCUT2D eigenvalue weighted by molar-refractivity contribution is 5.91. The molecule has 1 fully saturated rings. The number of carboxylic acids is 1. The molecular formula is C13H12F2N4O3. The maximum Gasteiger partial charge on any atom is 0.341 e.